The second-order valence-electron chi connectivity index (χ2n) is 5.40. The van der Waals surface area contributed by atoms with Crippen LogP contribution in [-0.2, 0) is 11.3 Å². The Morgan fingerprint density at radius 2 is 1.92 bits per heavy atom. The van der Waals surface area contributed by atoms with Gasteiger partial charge in [-0.25, -0.2) is 8.78 Å². The Kier molecular flexibility index (Phi) is 6.05. The fourth-order valence-corrected chi connectivity index (χ4v) is 2.15. The van der Waals surface area contributed by atoms with Crippen LogP contribution in [0, 0.1) is 11.6 Å². The van der Waals surface area contributed by atoms with E-state index < -0.39 is 23.4 Å². The van der Waals surface area contributed by atoms with Gasteiger partial charge in [0.1, 0.15) is 17.4 Å². The van der Waals surface area contributed by atoms with Crippen molar-refractivity contribution >= 4 is 11.8 Å². The Bertz CT molecular complexity index is 781. The highest BCUT2D eigenvalue weighted by molar-refractivity contribution is 5.96. The maximum atomic E-state index is 13.6. The molecular weight excluding hydrogens is 330 g/mol. The smallest absolute Gasteiger partial charge is 0.251 e. The summed E-state index contributed by atoms with van der Waals surface area (Å²) >= 11 is 0. The van der Waals surface area contributed by atoms with Crippen LogP contribution in [0.5, 0.6) is 5.75 Å². The zero-order valence-corrected chi connectivity index (χ0v) is 13.9. The van der Waals surface area contributed by atoms with Gasteiger partial charge in [-0.3, -0.25) is 9.59 Å². The predicted molar refractivity (Wildman–Crippen MR) is 88.2 cm³/mol. The van der Waals surface area contributed by atoms with Gasteiger partial charge in [0.2, 0.25) is 5.91 Å². The molecule has 1 N–H and O–H groups in total. The lowest BCUT2D eigenvalue weighted by atomic mass is 10.2. The molecule has 25 heavy (non-hydrogen) atoms. The first-order valence-electron chi connectivity index (χ1n) is 7.51. The first-order chi connectivity index (χ1) is 11.9. The van der Waals surface area contributed by atoms with E-state index in [9.17, 15) is 18.4 Å². The third kappa shape index (κ3) is 5.00. The van der Waals surface area contributed by atoms with E-state index in [-0.39, 0.29) is 18.7 Å². The van der Waals surface area contributed by atoms with Crippen molar-refractivity contribution < 1.29 is 23.1 Å². The summed E-state index contributed by atoms with van der Waals surface area (Å²) in [6, 6.07) is 9.69. The summed E-state index contributed by atoms with van der Waals surface area (Å²) in [6.07, 6.45) is 0. The third-order valence-electron chi connectivity index (χ3n) is 3.58. The monoisotopic (exact) mass is 348 g/mol. The van der Waals surface area contributed by atoms with Gasteiger partial charge in [0, 0.05) is 30.8 Å². The zero-order chi connectivity index (χ0) is 18.4. The molecule has 0 atom stereocenters. The van der Waals surface area contributed by atoms with Crippen LogP contribution in [-0.4, -0.2) is 37.4 Å². The minimum atomic E-state index is -0.722. The van der Waals surface area contributed by atoms with Crippen molar-refractivity contribution in [2.24, 2.45) is 0 Å². The van der Waals surface area contributed by atoms with Gasteiger partial charge in [0.05, 0.1) is 13.7 Å². The number of nitrogens with zero attached hydrogens (tertiary/aromatic N) is 1. The van der Waals surface area contributed by atoms with Crippen molar-refractivity contribution in [1.82, 2.24) is 10.2 Å². The second-order valence-corrected chi connectivity index (χ2v) is 5.40. The van der Waals surface area contributed by atoms with Crippen LogP contribution in [0.1, 0.15) is 15.9 Å². The molecule has 0 heterocycles. The standard InChI is InChI=1S/C18H18F2N2O3/c1-22(11-13-6-7-14(19)9-16(13)20)17(23)10-21-18(24)12-4-3-5-15(8-12)25-2/h3-9H,10-11H2,1-2H3,(H,21,24). The average Bonchev–Trinajstić information content (AvgIpc) is 2.61. The van der Waals surface area contributed by atoms with Gasteiger partial charge in [-0.2, -0.15) is 0 Å². The van der Waals surface area contributed by atoms with Crippen LogP contribution in [0.25, 0.3) is 0 Å². The van der Waals surface area contributed by atoms with Crippen molar-refractivity contribution in [3.8, 4) is 5.75 Å². The summed E-state index contributed by atoms with van der Waals surface area (Å²) in [4.78, 5) is 25.4. The molecule has 7 heteroatoms. The molecular formula is C18H18F2N2O3. The molecule has 2 rings (SSSR count). The average molecular weight is 348 g/mol. The number of hydrogen-bond donors (Lipinski definition) is 1. The highest BCUT2D eigenvalue weighted by Gasteiger charge is 2.14. The number of likely N-dealkylation sites (N-methyl/N-ethyl adjacent to an activating group) is 1. The first-order valence-corrected chi connectivity index (χ1v) is 7.51. The number of carbonyl (C=O) groups excluding carboxylic acids is 2. The summed E-state index contributed by atoms with van der Waals surface area (Å²) in [5.41, 5.74) is 0.552. The molecule has 0 aliphatic carbocycles. The summed E-state index contributed by atoms with van der Waals surface area (Å²) in [5, 5.41) is 2.50. The molecule has 0 aliphatic rings. The second kappa shape index (κ2) is 8.23. The van der Waals surface area contributed by atoms with Crippen LogP contribution in [0.3, 0.4) is 0 Å². The number of hydrogen-bond acceptors (Lipinski definition) is 3. The molecule has 0 bridgehead atoms. The van der Waals surface area contributed by atoms with Gasteiger partial charge in [0.15, 0.2) is 0 Å². The van der Waals surface area contributed by atoms with E-state index in [0.717, 1.165) is 12.1 Å². The number of amides is 2. The van der Waals surface area contributed by atoms with Gasteiger partial charge in [-0.05, 0) is 24.3 Å². The number of halogens is 2. The van der Waals surface area contributed by atoms with Gasteiger partial charge in [0.25, 0.3) is 5.91 Å². The Morgan fingerprint density at radius 3 is 2.60 bits per heavy atom. The van der Waals surface area contributed by atoms with Crippen molar-refractivity contribution in [3.63, 3.8) is 0 Å². The normalized spacial score (nSPS) is 10.2. The highest BCUT2D eigenvalue weighted by Crippen LogP contribution is 2.13. The van der Waals surface area contributed by atoms with Gasteiger partial charge in [-0.15, -0.1) is 0 Å². The zero-order valence-electron chi connectivity index (χ0n) is 13.9. The lowest BCUT2D eigenvalue weighted by Gasteiger charge is -2.18. The third-order valence-corrected chi connectivity index (χ3v) is 3.58. The molecule has 2 aromatic carbocycles. The Hall–Kier alpha value is -2.96. The molecule has 0 aliphatic heterocycles. The summed E-state index contributed by atoms with van der Waals surface area (Å²) < 4.78 is 31.6. The summed E-state index contributed by atoms with van der Waals surface area (Å²) in [5.74, 6) is -1.70. The lowest BCUT2D eigenvalue weighted by Crippen LogP contribution is -2.38. The molecule has 0 saturated carbocycles. The van der Waals surface area contributed by atoms with Crippen LogP contribution in [0.4, 0.5) is 8.78 Å². The van der Waals surface area contributed by atoms with Crippen molar-refractivity contribution in [1.29, 1.82) is 0 Å². The number of methoxy groups -OCH3 is 1. The van der Waals surface area contributed by atoms with E-state index in [4.69, 9.17) is 4.74 Å². The molecule has 0 unspecified atom stereocenters. The molecule has 2 amide bonds. The number of nitrogens with one attached hydrogen (secondary N) is 1. The van der Waals surface area contributed by atoms with Gasteiger partial charge in [-0.1, -0.05) is 12.1 Å². The largest absolute Gasteiger partial charge is 0.497 e. The van der Waals surface area contributed by atoms with E-state index in [2.05, 4.69) is 5.32 Å². The molecule has 0 radical (unpaired) electrons. The molecule has 132 valence electrons. The van der Waals surface area contributed by atoms with Gasteiger partial charge >= 0.3 is 0 Å². The summed E-state index contributed by atoms with van der Waals surface area (Å²) in [7, 11) is 2.97. The quantitative estimate of drug-likeness (QED) is 0.872. The van der Waals surface area contributed by atoms with Gasteiger partial charge < -0.3 is 15.0 Å². The maximum absolute atomic E-state index is 13.6. The fraction of sp³-hybridized carbons (Fsp3) is 0.222. The number of ether oxygens (including phenoxy) is 1. The number of rotatable bonds is 6. The van der Waals surface area contributed by atoms with Crippen molar-refractivity contribution in [3.05, 3.63) is 65.2 Å². The van der Waals surface area contributed by atoms with Crippen LogP contribution >= 0.6 is 0 Å². The van der Waals surface area contributed by atoms with E-state index in [1.165, 1.54) is 25.1 Å². The topological polar surface area (TPSA) is 58.6 Å². The molecule has 0 aromatic heterocycles. The molecule has 0 fully saturated rings. The number of benzene rings is 2. The highest BCUT2D eigenvalue weighted by atomic mass is 19.1. The SMILES string of the molecule is COc1cccc(C(=O)NCC(=O)N(C)Cc2ccc(F)cc2F)c1. The minimum absolute atomic E-state index is 0.0278. The maximum Gasteiger partial charge on any atom is 0.251 e. The fourth-order valence-electron chi connectivity index (χ4n) is 2.15. The molecule has 5 nitrogen and oxygen atoms in total. The van der Waals surface area contributed by atoms with Crippen LogP contribution < -0.4 is 10.1 Å². The summed E-state index contributed by atoms with van der Waals surface area (Å²) in [6.45, 7) is -0.269. The molecule has 0 saturated heterocycles. The molecule has 0 spiro atoms. The van der Waals surface area contributed by atoms with Crippen molar-refractivity contribution in [2.45, 2.75) is 6.54 Å². The van der Waals surface area contributed by atoms with E-state index in [0.29, 0.717) is 11.3 Å². The minimum Gasteiger partial charge on any atom is -0.497 e. The van der Waals surface area contributed by atoms with Crippen LogP contribution in [0.15, 0.2) is 42.5 Å². The van der Waals surface area contributed by atoms with E-state index in [1.807, 2.05) is 0 Å². The van der Waals surface area contributed by atoms with E-state index >= 15 is 0 Å². The predicted octanol–water partition coefficient (Wildman–Crippen LogP) is 2.36. The van der Waals surface area contributed by atoms with Crippen molar-refractivity contribution in [2.75, 3.05) is 20.7 Å². The number of carbonyl (C=O) groups is 2. The Morgan fingerprint density at radius 1 is 1.16 bits per heavy atom. The van der Waals surface area contributed by atoms with Crippen LogP contribution in [0.2, 0.25) is 0 Å². The molecule has 2 aromatic rings. The first kappa shape index (κ1) is 18.4. The Balaban J connectivity index is 1.91. The lowest BCUT2D eigenvalue weighted by molar-refractivity contribution is -0.129. The Labute approximate surface area is 144 Å². The van der Waals surface area contributed by atoms with E-state index in [1.54, 1.807) is 24.3 Å².